The lowest BCUT2D eigenvalue weighted by molar-refractivity contribution is -0.137. The van der Waals surface area contributed by atoms with Gasteiger partial charge in [-0.3, -0.25) is 14.5 Å². The minimum atomic E-state index is -4.35. The molecule has 1 saturated heterocycles. The van der Waals surface area contributed by atoms with Crippen molar-refractivity contribution in [1.82, 2.24) is 15.1 Å². The number of carbonyl (C=O) groups excluding carboxylic acids is 2. The summed E-state index contributed by atoms with van der Waals surface area (Å²) in [7, 11) is 0. The van der Waals surface area contributed by atoms with E-state index in [0.717, 1.165) is 10.5 Å². The first kappa shape index (κ1) is 23.3. The predicted molar refractivity (Wildman–Crippen MR) is 114 cm³/mol. The minimum Gasteiger partial charge on any atom is -0.352 e. The van der Waals surface area contributed by atoms with Crippen LogP contribution in [0.15, 0.2) is 53.0 Å². The van der Waals surface area contributed by atoms with Crippen LogP contribution in [0.1, 0.15) is 27.9 Å². The van der Waals surface area contributed by atoms with Gasteiger partial charge in [0.05, 0.1) is 5.56 Å². The van der Waals surface area contributed by atoms with Gasteiger partial charge >= 0.3 is 6.18 Å². The van der Waals surface area contributed by atoms with Gasteiger partial charge in [0.1, 0.15) is 0 Å². The van der Waals surface area contributed by atoms with Crippen LogP contribution in [0.2, 0.25) is 0 Å². The zero-order valence-electron chi connectivity index (χ0n) is 16.8. The monoisotopic (exact) mass is 497 g/mol. The summed E-state index contributed by atoms with van der Waals surface area (Å²) in [4.78, 5) is 28.3. The van der Waals surface area contributed by atoms with Crippen LogP contribution in [0, 0.1) is 0 Å². The molecule has 5 nitrogen and oxygen atoms in total. The van der Waals surface area contributed by atoms with Crippen LogP contribution in [0.5, 0.6) is 0 Å². The number of carbonyl (C=O) groups is 2. The maximum atomic E-state index is 12.9. The Labute approximate surface area is 187 Å². The number of rotatable bonds is 6. The van der Waals surface area contributed by atoms with Crippen molar-refractivity contribution in [3.8, 4) is 0 Å². The van der Waals surface area contributed by atoms with Crippen LogP contribution in [0.3, 0.4) is 0 Å². The zero-order valence-corrected chi connectivity index (χ0v) is 18.4. The van der Waals surface area contributed by atoms with Gasteiger partial charge in [-0.1, -0.05) is 34.1 Å². The smallest absolute Gasteiger partial charge is 0.352 e. The maximum absolute atomic E-state index is 12.9. The highest BCUT2D eigenvalue weighted by atomic mass is 79.9. The van der Waals surface area contributed by atoms with Gasteiger partial charge in [-0.05, 0) is 35.9 Å². The van der Waals surface area contributed by atoms with Gasteiger partial charge in [-0.25, -0.2) is 0 Å². The minimum absolute atomic E-state index is 0.0465. The third-order valence-electron chi connectivity index (χ3n) is 5.12. The first-order valence-electron chi connectivity index (χ1n) is 9.92. The number of piperazine rings is 1. The Morgan fingerprint density at radius 2 is 1.68 bits per heavy atom. The average molecular weight is 498 g/mol. The number of hydrogen-bond acceptors (Lipinski definition) is 3. The standard InChI is InChI=1S/C22H23BrF3N3O2/c23-19-6-4-17(5-7-19)21(31)27-9-8-20(30)29-12-10-28(11-13-29)15-16-2-1-3-18(14-16)22(24,25)26/h1-7,14H,8-13,15H2,(H,27,31). The molecule has 1 heterocycles. The lowest BCUT2D eigenvalue weighted by Crippen LogP contribution is -2.48. The van der Waals surface area contributed by atoms with Crippen molar-refractivity contribution in [2.75, 3.05) is 32.7 Å². The first-order chi connectivity index (χ1) is 14.7. The highest BCUT2D eigenvalue weighted by Gasteiger charge is 2.30. The van der Waals surface area contributed by atoms with E-state index < -0.39 is 11.7 Å². The van der Waals surface area contributed by atoms with Crippen molar-refractivity contribution in [3.63, 3.8) is 0 Å². The van der Waals surface area contributed by atoms with Crippen LogP contribution in [-0.4, -0.2) is 54.3 Å². The quantitative estimate of drug-likeness (QED) is 0.657. The van der Waals surface area contributed by atoms with E-state index in [1.54, 1.807) is 35.2 Å². The Kier molecular flexibility index (Phi) is 7.72. The molecular formula is C22H23BrF3N3O2. The molecule has 0 atom stereocenters. The van der Waals surface area contributed by atoms with E-state index >= 15 is 0 Å². The van der Waals surface area contributed by atoms with E-state index in [0.29, 0.717) is 43.9 Å². The molecule has 2 aromatic rings. The van der Waals surface area contributed by atoms with Crippen LogP contribution >= 0.6 is 15.9 Å². The molecule has 1 aliphatic heterocycles. The van der Waals surface area contributed by atoms with Gasteiger partial charge in [0.25, 0.3) is 5.91 Å². The molecule has 1 aliphatic rings. The van der Waals surface area contributed by atoms with Crippen LogP contribution in [0.25, 0.3) is 0 Å². The molecule has 0 saturated carbocycles. The van der Waals surface area contributed by atoms with E-state index in [9.17, 15) is 22.8 Å². The van der Waals surface area contributed by atoms with E-state index in [-0.39, 0.29) is 24.8 Å². The molecule has 9 heteroatoms. The Balaban J connectivity index is 1.40. The van der Waals surface area contributed by atoms with E-state index in [4.69, 9.17) is 0 Å². The SMILES string of the molecule is O=C(NCCC(=O)N1CCN(Cc2cccc(C(F)(F)F)c2)CC1)c1ccc(Br)cc1. The molecule has 0 radical (unpaired) electrons. The average Bonchev–Trinajstić information content (AvgIpc) is 2.74. The summed E-state index contributed by atoms with van der Waals surface area (Å²) in [5, 5.41) is 2.74. The Morgan fingerprint density at radius 3 is 2.32 bits per heavy atom. The summed E-state index contributed by atoms with van der Waals surface area (Å²) in [6.07, 6.45) is -4.15. The molecule has 2 aromatic carbocycles. The zero-order chi connectivity index (χ0) is 22.4. The summed E-state index contributed by atoms with van der Waals surface area (Å²) >= 11 is 3.31. The van der Waals surface area contributed by atoms with Gasteiger partial charge in [0.2, 0.25) is 5.91 Å². The summed E-state index contributed by atoms with van der Waals surface area (Å²) in [6, 6.07) is 12.3. The highest BCUT2D eigenvalue weighted by Crippen LogP contribution is 2.29. The number of benzene rings is 2. The number of hydrogen-bond donors (Lipinski definition) is 1. The molecule has 0 aliphatic carbocycles. The van der Waals surface area contributed by atoms with Crippen molar-refractivity contribution in [2.45, 2.75) is 19.1 Å². The fourth-order valence-corrected chi connectivity index (χ4v) is 3.67. The number of amides is 2. The molecule has 31 heavy (non-hydrogen) atoms. The van der Waals surface area contributed by atoms with Crippen LogP contribution in [-0.2, 0) is 17.5 Å². The molecule has 3 rings (SSSR count). The third kappa shape index (κ3) is 6.80. The van der Waals surface area contributed by atoms with Crippen molar-refractivity contribution >= 4 is 27.7 Å². The molecule has 166 valence electrons. The lowest BCUT2D eigenvalue weighted by Gasteiger charge is -2.35. The van der Waals surface area contributed by atoms with Gasteiger partial charge in [0, 0.05) is 55.7 Å². The molecule has 0 bridgehead atoms. The van der Waals surface area contributed by atoms with E-state index in [2.05, 4.69) is 21.2 Å². The number of nitrogens with zero attached hydrogens (tertiary/aromatic N) is 2. The maximum Gasteiger partial charge on any atom is 0.416 e. The largest absolute Gasteiger partial charge is 0.416 e. The van der Waals surface area contributed by atoms with Crippen molar-refractivity contribution in [1.29, 1.82) is 0 Å². The molecule has 0 unspecified atom stereocenters. The molecule has 0 aromatic heterocycles. The van der Waals surface area contributed by atoms with Crippen molar-refractivity contribution in [2.24, 2.45) is 0 Å². The highest BCUT2D eigenvalue weighted by molar-refractivity contribution is 9.10. The molecule has 1 N–H and O–H groups in total. The summed E-state index contributed by atoms with van der Waals surface area (Å²) in [5.41, 5.74) is 0.480. The van der Waals surface area contributed by atoms with Crippen LogP contribution in [0.4, 0.5) is 13.2 Å². The van der Waals surface area contributed by atoms with Crippen molar-refractivity contribution < 1.29 is 22.8 Å². The van der Waals surface area contributed by atoms with Gasteiger partial charge in [-0.15, -0.1) is 0 Å². The first-order valence-corrected chi connectivity index (χ1v) is 10.7. The van der Waals surface area contributed by atoms with Gasteiger partial charge in [0.15, 0.2) is 0 Å². The van der Waals surface area contributed by atoms with E-state index in [1.165, 1.54) is 12.1 Å². The predicted octanol–water partition coefficient (Wildman–Crippen LogP) is 3.93. The molecular weight excluding hydrogens is 475 g/mol. The second-order valence-electron chi connectivity index (χ2n) is 7.37. The third-order valence-corrected chi connectivity index (χ3v) is 5.64. The second kappa shape index (κ2) is 10.3. The molecule has 2 amide bonds. The molecule has 0 spiro atoms. The number of alkyl halides is 3. The fraction of sp³-hybridized carbons (Fsp3) is 0.364. The van der Waals surface area contributed by atoms with Crippen LogP contribution < -0.4 is 5.32 Å². The lowest BCUT2D eigenvalue weighted by atomic mass is 10.1. The number of halogens is 4. The topological polar surface area (TPSA) is 52.7 Å². The summed E-state index contributed by atoms with van der Waals surface area (Å²) in [6.45, 7) is 2.87. The summed E-state index contributed by atoms with van der Waals surface area (Å²) < 4.78 is 39.5. The Hall–Kier alpha value is -2.39. The van der Waals surface area contributed by atoms with Gasteiger partial charge < -0.3 is 10.2 Å². The number of nitrogens with one attached hydrogen (secondary N) is 1. The summed E-state index contributed by atoms with van der Waals surface area (Å²) in [5.74, 6) is -0.277. The second-order valence-corrected chi connectivity index (χ2v) is 8.28. The fourth-order valence-electron chi connectivity index (χ4n) is 3.40. The Bertz CT molecular complexity index is 911. The van der Waals surface area contributed by atoms with E-state index in [1.807, 2.05) is 4.90 Å². The normalized spacial score (nSPS) is 15.0. The van der Waals surface area contributed by atoms with Crippen molar-refractivity contribution in [3.05, 3.63) is 69.7 Å². The Morgan fingerprint density at radius 1 is 1.00 bits per heavy atom. The molecule has 1 fully saturated rings. The van der Waals surface area contributed by atoms with Gasteiger partial charge in [-0.2, -0.15) is 13.2 Å².